The minimum atomic E-state index is -0.728. The standard InChI is InChI=1S/C39H75NO6/c1-11-36(3,4)24-19-26-38(7,8)30-44-33-29-32(46-35(43)22-18-16-14-13-15-17-21-34(41)42)23-28-40(33)45-31-39(9,10)27-20-25-37(5,6)12-2/h32-33H,11-31H2,1-10H3,(H,41,42). The predicted octanol–water partition coefficient (Wildman–Crippen LogP) is 10.7. The average molecular weight is 654 g/mol. The van der Waals surface area contributed by atoms with Crippen LogP contribution in [0, 0.1) is 21.7 Å². The monoisotopic (exact) mass is 654 g/mol. The highest BCUT2D eigenvalue weighted by atomic mass is 16.7. The number of carbonyl (C=O) groups excluding carboxylic acids is 1. The first-order chi connectivity index (χ1) is 21.4. The largest absolute Gasteiger partial charge is 0.481 e. The second kappa shape index (κ2) is 21.0. The molecule has 7 heteroatoms. The molecular formula is C39H75NO6. The summed E-state index contributed by atoms with van der Waals surface area (Å²) < 4.78 is 12.6. The summed E-state index contributed by atoms with van der Waals surface area (Å²) >= 11 is 0. The topological polar surface area (TPSA) is 85.3 Å². The van der Waals surface area contributed by atoms with Crippen molar-refractivity contribution in [1.82, 2.24) is 5.06 Å². The Balaban J connectivity index is 2.68. The molecule has 0 aliphatic carbocycles. The smallest absolute Gasteiger partial charge is 0.306 e. The zero-order chi connectivity index (χ0) is 34.9. The Kier molecular flexibility index (Phi) is 19.6. The number of hydrogen-bond acceptors (Lipinski definition) is 6. The molecule has 0 aromatic heterocycles. The van der Waals surface area contributed by atoms with Crippen molar-refractivity contribution in [3.8, 4) is 0 Å². The van der Waals surface area contributed by atoms with Crippen LogP contribution in [0.15, 0.2) is 0 Å². The van der Waals surface area contributed by atoms with E-state index in [-0.39, 0.29) is 35.6 Å². The van der Waals surface area contributed by atoms with E-state index in [1.54, 1.807) is 0 Å². The van der Waals surface area contributed by atoms with Gasteiger partial charge >= 0.3 is 11.9 Å². The molecule has 1 heterocycles. The van der Waals surface area contributed by atoms with E-state index in [0.717, 1.165) is 57.8 Å². The fourth-order valence-corrected chi connectivity index (χ4v) is 5.95. The first kappa shape index (κ1) is 42.8. The molecule has 7 nitrogen and oxygen atoms in total. The fourth-order valence-electron chi connectivity index (χ4n) is 5.95. The second-order valence-corrected chi connectivity index (χ2v) is 17.4. The van der Waals surface area contributed by atoms with Crippen molar-refractivity contribution < 1.29 is 29.0 Å². The summed E-state index contributed by atoms with van der Waals surface area (Å²) in [5.41, 5.74) is 0.887. The van der Waals surface area contributed by atoms with Crippen LogP contribution in [0.1, 0.15) is 185 Å². The number of carboxylic acids is 1. The van der Waals surface area contributed by atoms with Crippen molar-refractivity contribution in [2.75, 3.05) is 19.8 Å². The lowest BCUT2D eigenvalue weighted by atomic mass is 9.80. The maximum atomic E-state index is 12.7. The molecule has 0 amide bonds. The van der Waals surface area contributed by atoms with E-state index in [1.807, 2.05) is 5.06 Å². The predicted molar refractivity (Wildman–Crippen MR) is 189 cm³/mol. The number of aliphatic carboxylic acids is 1. The normalized spacial score (nSPS) is 18.6. The maximum Gasteiger partial charge on any atom is 0.306 e. The van der Waals surface area contributed by atoms with E-state index in [4.69, 9.17) is 19.4 Å². The molecule has 0 bridgehead atoms. The zero-order valence-electron chi connectivity index (χ0n) is 31.9. The highest BCUT2D eigenvalue weighted by Gasteiger charge is 2.35. The number of nitrogens with zero attached hydrogens (tertiary/aromatic N) is 1. The molecule has 0 aromatic rings. The number of hydrogen-bond donors (Lipinski definition) is 1. The maximum absolute atomic E-state index is 12.7. The molecule has 1 saturated heterocycles. The van der Waals surface area contributed by atoms with E-state index in [0.29, 0.717) is 43.4 Å². The average Bonchev–Trinajstić information content (AvgIpc) is 2.96. The van der Waals surface area contributed by atoms with Gasteiger partial charge in [0.1, 0.15) is 12.3 Å². The summed E-state index contributed by atoms with van der Waals surface area (Å²) in [7, 11) is 0. The lowest BCUT2D eigenvalue weighted by Gasteiger charge is -2.40. The van der Waals surface area contributed by atoms with Crippen LogP contribution in [-0.2, 0) is 23.9 Å². The summed E-state index contributed by atoms with van der Waals surface area (Å²) in [5, 5.41) is 10.8. The third-order valence-electron chi connectivity index (χ3n) is 10.4. The SMILES string of the molecule is CCC(C)(C)CCCC(C)(C)COC1CC(OC(=O)CCCCCCCCC(=O)O)CCN1OCC(C)(C)CCCC(C)(C)CC. The van der Waals surface area contributed by atoms with E-state index < -0.39 is 5.97 Å². The molecular weight excluding hydrogens is 578 g/mol. The molecule has 1 aliphatic rings. The Hall–Kier alpha value is -1.18. The van der Waals surface area contributed by atoms with Gasteiger partial charge in [-0.1, -0.05) is 121 Å². The van der Waals surface area contributed by atoms with Crippen LogP contribution in [0.25, 0.3) is 0 Å². The molecule has 2 unspecified atom stereocenters. The number of carboxylic acid groups (broad SMARTS) is 1. The molecule has 0 spiro atoms. The van der Waals surface area contributed by atoms with Crippen molar-refractivity contribution in [3.63, 3.8) is 0 Å². The van der Waals surface area contributed by atoms with Crippen LogP contribution >= 0.6 is 0 Å². The van der Waals surface area contributed by atoms with Gasteiger partial charge in [0.2, 0.25) is 0 Å². The Morgan fingerprint density at radius 3 is 1.67 bits per heavy atom. The number of piperidine rings is 1. The van der Waals surface area contributed by atoms with Crippen LogP contribution < -0.4 is 0 Å². The highest BCUT2D eigenvalue weighted by molar-refractivity contribution is 5.69. The summed E-state index contributed by atoms with van der Waals surface area (Å²) in [4.78, 5) is 29.9. The van der Waals surface area contributed by atoms with E-state index in [9.17, 15) is 9.59 Å². The summed E-state index contributed by atoms with van der Waals surface area (Å²) in [5.74, 6) is -0.854. The van der Waals surface area contributed by atoms with Gasteiger partial charge < -0.3 is 14.6 Å². The van der Waals surface area contributed by atoms with Crippen LogP contribution in [0.2, 0.25) is 0 Å². The van der Waals surface area contributed by atoms with Crippen LogP contribution in [0.4, 0.5) is 0 Å². The van der Waals surface area contributed by atoms with Crippen molar-refractivity contribution >= 4 is 11.9 Å². The van der Waals surface area contributed by atoms with Crippen molar-refractivity contribution in [2.45, 2.75) is 197 Å². The van der Waals surface area contributed by atoms with Crippen molar-refractivity contribution in [1.29, 1.82) is 0 Å². The Morgan fingerprint density at radius 2 is 1.15 bits per heavy atom. The summed E-state index contributed by atoms with van der Waals surface area (Å²) in [6.07, 6.45) is 16.6. The molecule has 2 atom stereocenters. The molecule has 0 radical (unpaired) electrons. The van der Waals surface area contributed by atoms with Crippen molar-refractivity contribution in [3.05, 3.63) is 0 Å². The number of esters is 1. The number of carbonyl (C=O) groups is 2. The van der Waals surface area contributed by atoms with Gasteiger partial charge in [0, 0.05) is 25.8 Å². The van der Waals surface area contributed by atoms with Gasteiger partial charge in [-0.25, -0.2) is 0 Å². The molecule has 1 rings (SSSR count). The van der Waals surface area contributed by atoms with Gasteiger partial charge in [0.05, 0.1) is 13.2 Å². The molecule has 0 aromatic carbocycles. The minimum absolute atomic E-state index is 0.0537. The quantitative estimate of drug-likeness (QED) is 0.0734. The first-order valence-corrected chi connectivity index (χ1v) is 18.8. The molecule has 272 valence electrons. The number of ether oxygens (including phenoxy) is 2. The van der Waals surface area contributed by atoms with Gasteiger partial charge in [-0.3, -0.25) is 14.4 Å². The lowest BCUT2D eigenvalue weighted by molar-refractivity contribution is -0.290. The zero-order valence-corrected chi connectivity index (χ0v) is 31.9. The second-order valence-electron chi connectivity index (χ2n) is 17.4. The van der Waals surface area contributed by atoms with Crippen LogP contribution in [-0.4, -0.2) is 54.2 Å². The van der Waals surface area contributed by atoms with Crippen molar-refractivity contribution in [2.24, 2.45) is 21.7 Å². The molecule has 0 saturated carbocycles. The van der Waals surface area contributed by atoms with Gasteiger partial charge in [-0.2, -0.15) is 5.06 Å². The molecule has 1 fully saturated rings. The fraction of sp³-hybridized carbons (Fsp3) is 0.949. The van der Waals surface area contributed by atoms with Gasteiger partial charge in [0.25, 0.3) is 0 Å². The molecule has 1 N–H and O–H groups in total. The molecule has 46 heavy (non-hydrogen) atoms. The van der Waals surface area contributed by atoms with E-state index >= 15 is 0 Å². The summed E-state index contributed by atoms with van der Waals surface area (Å²) in [6.45, 7) is 25.1. The number of unbranched alkanes of at least 4 members (excludes halogenated alkanes) is 5. The van der Waals surface area contributed by atoms with E-state index in [2.05, 4.69) is 69.2 Å². The lowest BCUT2D eigenvalue weighted by Crippen LogP contribution is -2.48. The van der Waals surface area contributed by atoms with Gasteiger partial charge in [0.15, 0.2) is 0 Å². The first-order valence-electron chi connectivity index (χ1n) is 18.8. The highest BCUT2D eigenvalue weighted by Crippen LogP contribution is 2.34. The number of hydroxylamine groups is 2. The Morgan fingerprint density at radius 1 is 0.674 bits per heavy atom. The molecule has 1 aliphatic heterocycles. The minimum Gasteiger partial charge on any atom is -0.481 e. The Bertz CT molecular complexity index is 851. The van der Waals surface area contributed by atoms with Gasteiger partial charge in [-0.05, 0) is 66.6 Å². The number of rotatable bonds is 26. The third-order valence-corrected chi connectivity index (χ3v) is 10.4. The third kappa shape index (κ3) is 20.2. The van der Waals surface area contributed by atoms with Crippen LogP contribution in [0.3, 0.4) is 0 Å². The van der Waals surface area contributed by atoms with Crippen LogP contribution in [0.5, 0.6) is 0 Å². The summed E-state index contributed by atoms with van der Waals surface area (Å²) in [6, 6.07) is 0. The van der Waals surface area contributed by atoms with E-state index in [1.165, 1.54) is 38.5 Å². The Labute approximate surface area is 284 Å². The van der Waals surface area contributed by atoms with Gasteiger partial charge in [-0.15, -0.1) is 0 Å².